The smallest absolute Gasteiger partial charge is 0.275 e. The summed E-state index contributed by atoms with van der Waals surface area (Å²) in [5.41, 5.74) is 0.421. The van der Waals surface area contributed by atoms with Crippen molar-refractivity contribution in [3.05, 3.63) is 82.7 Å². The van der Waals surface area contributed by atoms with Gasteiger partial charge in [-0.2, -0.15) is 5.10 Å². The Hall–Kier alpha value is -4.27. The summed E-state index contributed by atoms with van der Waals surface area (Å²) >= 11 is 0. The second-order valence-corrected chi connectivity index (χ2v) is 7.56. The summed E-state index contributed by atoms with van der Waals surface area (Å²) in [6.07, 6.45) is 0. The lowest BCUT2D eigenvalue weighted by Gasteiger charge is -2.15. The van der Waals surface area contributed by atoms with Gasteiger partial charge in [0.25, 0.3) is 5.56 Å². The van der Waals surface area contributed by atoms with Crippen LogP contribution in [0.3, 0.4) is 0 Å². The molecular weight excluding hydrogens is 456 g/mol. The van der Waals surface area contributed by atoms with Gasteiger partial charge in [-0.25, -0.2) is 13.5 Å². The topological polar surface area (TPSA) is 82.4 Å². The minimum absolute atomic E-state index is 0.250. The van der Waals surface area contributed by atoms with E-state index in [0.717, 1.165) is 16.8 Å². The zero-order valence-electron chi connectivity index (χ0n) is 19.2. The van der Waals surface area contributed by atoms with Crippen molar-refractivity contribution in [3.8, 4) is 22.8 Å². The highest BCUT2D eigenvalue weighted by atomic mass is 19.2. The van der Waals surface area contributed by atoms with E-state index in [1.54, 1.807) is 42.5 Å². The fourth-order valence-corrected chi connectivity index (χ4v) is 3.67. The second-order valence-electron chi connectivity index (χ2n) is 7.56. The molecule has 1 aromatic heterocycles. The van der Waals surface area contributed by atoms with Gasteiger partial charge < -0.3 is 14.8 Å². The van der Waals surface area contributed by atoms with Gasteiger partial charge in [0.15, 0.2) is 11.6 Å². The van der Waals surface area contributed by atoms with Crippen LogP contribution in [0.5, 0.6) is 11.5 Å². The Morgan fingerprint density at radius 2 is 1.69 bits per heavy atom. The monoisotopic (exact) mass is 479 g/mol. The van der Waals surface area contributed by atoms with E-state index in [2.05, 4.69) is 10.4 Å². The van der Waals surface area contributed by atoms with E-state index in [0.29, 0.717) is 41.2 Å². The van der Waals surface area contributed by atoms with Crippen LogP contribution < -0.4 is 20.3 Å². The van der Waals surface area contributed by atoms with Crippen molar-refractivity contribution in [2.45, 2.75) is 20.4 Å². The number of fused-ring (bicyclic) bond motifs is 1. The van der Waals surface area contributed by atoms with Crippen molar-refractivity contribution >= 4 is 22.4 Å². The van der Waals surface area contributed by atoms with E-state index < -0.39 is 29.6 Å². The second kappa shape index (κ2) is 10.3. The van der Waals surface area contributed by atoms with Crippen LogP contribution in [0.15, 0.2) is 65.5 Å². The van der Waals surface area contributed by atoms with E-state index in [9.17, 15) is 18.4 Å². The lowest BCUT2D eigenvalue weighted by atomic mass is 10.0. The van der Waals surface area contributed by atoms with Gasteiger partial charge in [0.1, 0.15) is 18.0 Å². The van der Waals surface area contributed by atoms with Crippen LogP contribution >= 0.6 is 0 Å². The molecule has 0 bridgehead atoms. The van der Waals surface area contributed by atoms with Gasteiger partial charge in [-0.05, 0) is 50.2 Å². The van der Waals surface area contributed by atoms with Crippen molar-refractivity contribution in [1.82, 2.24) is 9.78 Å². The number of anilines is 1. The minimum atomic E-state index is -1.04. The predicted molar refractivity (Wildman–Crippen MR) is 129 cm³/mol. The maximum Gasteiger partial charge on any atom is 0.275 e. The average molecular weight is 479 g/mol. The minimum Gasteiger partial charge on any atom is -0.494 e. The first-order valence-corrected chi connectivity index (χ1v) is 11.1. The number of rotatable bonds is 8. The SMILES string of the molecule is CCOc1ccc(OCC)c(NC(=O)Cn2nc(-c3ccc(F)c(F)c3)c3ccccc3c2=O)c1. The number of benzene rings is 3. The Balaban J connectivity index is 1.71. The number of hydrogen-bond donors (Lipinski definition) is 1. The van der Waals surface area contributed by atoms with Crippen molar-refractivity contribution in [1.29, 1.82) is 0 Å². The number of amides is 1. The summed E-state index contributed by atoms with van der Waals surface area (Å²) in [6, 6.07) is 15.1. The summed E-state index contributed by atoms with van der Waals surface area (Å²) in [5, 5.41) is 7.82. The molecule has 0 radical (unpaired) electrons. The zero-order chi connectivity index (χ0) is 24.9. The summed E-state index contributed by atoms with van der Waals surface area (Å²) in [5.74, 6) is -1.56. The van der Waals surface area contributed by atoms with Gasteiger partial charge in [-0.3, -0.25) is 9.59 Å². The van der Waals surface area contributed by atoms with Gasteiger partial charge in [-0.1, -0.05) is 18.2 Å². The average Bonchev–Trinajstić information content (AvgIpc) is 2.84. The van der Waals surface area contributed by atoms with Crippen molar-refractivity contribution < 1.29 is 23.0 Å². The molecule has 3 aromatic carbocycles. The Morgan fingerprint density at radius 3 is 2.40 bits per heavy atom. The molecule has 0 saturated heterocycles. The Kier molecular flexibility index (Phi) is 7.05. The van der Waals surface area contributed by atoms with E-state index in [-0.39, 0.29) is 11.3 Å². The zero-order valence-corrected chi connectivity index (χ0v) is 19.2. The largest absolute Gasteiger partial charge is 0.494 e. The molecule has 0 aliphatic rings. The third-order valence-electron chi connectivity index (χ3n) is 5.19. The number of hydrogen-bond acceptors (Lipinski definition) is 5. The molecule has 0 saturated carbocycles. The predicted octanol–water partition coefficient (Wildman–Crippen LogP) is 4.78. The lowest BCUT2D eigenvalue weighted by Crippen LogP contribution is -2.30. The molecule has 1 heterocycles. The van der Waals surface area contributed by atoms with Crippen LogP contribution in [-0.2, 0) is 11.3 Å². The van der Waals surface area contributed by atoms with Crippen LogP contribution in [0, 0.1) is 11.6 Å². The first-order valence-electron chi connectivity index (χ1n) is 11.1. The van der Waals surface area contributed by atoms with Crippen LogP contribution in [0.1, 0.15) is 13.8 Å². The summed E-state index contributed by atoms with van der Waals surface area (Å²) in [4.78, 5) is 26.0. The summed E-state index contributed by atoms with van der Waals surface area (Å²) in [7, 11) is 0. The number of carbonyl (C=O) groups is 1. The van der Waals surface area contributed by atoms with Crippen molar-refractivity contribution in [2.24, 2.45) is 0 Å². The van der Waals surface area contributed by atoms with Crippen molar-refractivity contribution in [2.75, 3.05) is 18.5 Å². The van der Waals surface area contributed by atoms with E-state index in [1.807, 2.05) is 13.8 Å². The van der Waals surface area contributed by atoms with Crippen LogP contribution in [0.25, 0.3) is 22.0 Å². The molecular formula is C26H23F2N3O4. The molecule has 35 heavy (non-hydrogen) atoms. The van der Waals surface area contributed by atoms with E-state index >= 15 is 0 Å². The highest BCUT2D eigenvalue weighted by Crippen LogP contribution is 2.30. The number of nitrogens with zero attached hydrogens (tertiary/aromatic N) is 2. The van der Waals surface area contributed by atoms with Gasteiger partial charge >= 0.3 is 0 Å². The summed E-state index contributed by atoms with van der Waals surface area (Å²) in [6.45, 7) is 4.09. The van der Waals surface area contributed by atoms with Gasteiger partial charge in [-0.15, -0.1) is 0 Å². The van der Waals surface area contributed by atoms with Crippen LogP contribution in [0.2, 0.25) is 0 Å². The van der Waals surface area contributed by atoms with E-state index in [4.69, 9.17) is 9.47 Å². The van der Waals surface area contributed by atoms with Gasteiger partial charge in [0, 0.05) is 17.0 Å². The highest BCUT2D eigenvalue weighted by molar-refractivity contribution is 5.95. The van der Waals surface area contributed by atoms with Crippen LogP contribution in [0.4, 0.5) is 14.5 Å². The number of ether oxygens (including phenoxy) is 2. The third-order valence-corrected chi connectivity index (χ3v) is 5.19. The first-order chi connectivity index (χ1) is 16.9. The van der Waals surface area contributed by atoms with E-state index in [1.165, 1.54) is 6.07 Å². The Morgan fingerprint density at radius 1 is 0.943 bits per heavy atom. The van der Waals surface area contributed by atoms with Crippen molar-refractivity contribution in [3.63, 3.8) is 0 Å². The number of nitrogens with one attached hydrogen (secondary N) is 1. The Labute approximate surface area is 199 Å². The molecule has 0 atom stereocenters. The normalized spacial score (nSPS) is 10.9. The molecule has 7 nitrogen and oxygen atoms in total. The molecule has 4 aromatic rings. The maximum absolute atomic E-state index is 13.9. The fraction of sp³-hybridized carbons (Fsp3) is 0.192. The standard InChI is InChI=1S/C26H23F2N3O4/c1-3-34-17-10-12-23(35-4-2)22(14-17)29-24(32)15-31-26(33)19-8-6-5-7-18(19)25(30-31)16-9-11-20(27)21(28)13-16/h5-14H,3-4,15H2,1-2H3,(H,29,32). The molecule has 4 rings (SSSR count). The summed E-state index contributed by atoms with van der Waals surface area (Å²) < 4.78 is 39.5. The first kappa shape index (κ1) is 23.9. The Bertz CT molecular complexity index is 1450. The number of aromatic nitrogens is 2. The highest BCUT2D eigenvalue weighted by Gasteiger charge is 2.17. The van der Waals surface area contributed by atoms with Gasteiger partial charge in [0.05, 0.1) is 30.0 Å². The molecule has 1 N–H and O–H groups in total. The molecule has 0 unspecified atom stereocenters. The molecule has 0 aliphatic heterocycles. The maximum atomic E-state index is 13.9. The van der Waals surface area contributed by atoms with Crippen LogP contribution in [-0.4, -0.2) is 28.9 Å². The molecule has 0 fully saturated rings. The molecule has 9 heteroatoms. The quantitative estimate of drug-likeness (QED) is 0.393. The molecule has 180 valence electrons. The fourth-order valence-electron chi connectivity index (χ4n) is 3.67. The molecule has 0 aliphatic carbocycles. The molecule has 0 spiro atoms. The van der Waals surface area contributed by atoms with Gasteiger partial charge in [0.2, 0.25) is 5.91 Å². The number of halogens is 2. The molecule has 1 amide bonds. The number of carbonyl (C=O) groups excluding carboxylic acids is 1. The third kappa shape index (κ3) is 5.13. The lowest BCUT2D eigenvalue weighted by molar-refractivity contribution is -0.117.